The minimum absolute atomic E-state index is 0.0657. The minimum Gasteiger partial charge on any atom is -0.477 e. The second kappa shape index (κ2) is 5.69. The van der Waals surface area contributed by atoms with E-state index < -0.39 is 5.97 Å². The van der Waals surface area contributed by atoms with E-state index in [9.17, 15) is 9.59 Å². The van der Waals surface area contributed by atoms with Crippen LogP contribution in [0.2, 0.25) is 0 Å². The van der Waals surface area contributed by atoms with E-state index in [0.29, 0.717) is 16.5 Å². The van der Waals surface area contributed by atoms with Crippen molar-refractivity contribution in [2.75, 3.05) is 11.5 Å². The van der Waals surface area contributed by atoms with Gasteiger partial charge in [0, 0.05) is 16.8 Å². The summed E-state index contributed by atoms with van der Waals surface area (Å²) in [6.45, 7) is 3.99. The van der Waals surface area contributed by atoms with Gasteiger partial charge in [0.1, 0.15) is 11.5 Å². The molecular formula is C14H13N3O3S2. The number of fused-ring (bicyclic) bond motifs is 1. The van der Waals surface area contributed by atoms with Crippen LogP contribution in [0, 0.1) is 5.92 Å². The lowest BCUT2D eigenvalue weighted by Gasteiger charge is -2.48. The third-order valence-corrected chi connectivity index (χ3v) is 5.60. The predicted molar refractivity (Wildman–Crippen MR) is 85.9 cm³/mol. The molecule has 2 aliphatic rings. The quantitative estimate of drug-likeness (QED) is 0.639. The second-order valence-corrected chi connectivity index (χ2v) is 7.14. The Morgan fingerprint density at radius 1 is 1.59 bits per heavy atom. The zero-order valence-corrected chi connectivity index (χ0v) is 13.1. The first-order chi connectivity index (χ1) is 10.5. The summed E-state index contributed by atoms with van der Waals surface area (Å²) in [4.78, 5) is 30.3. The Hall–Kier alpha value is -1.93. The lowest BCUT2D eigenvalue weighted by molar-refractivity contribution is -0.150. The van der Waals surface area contributed by atoms with Gasteiger partial charge in [0.05, 0.1) is 11.3 Å². The number of nitrogens with two attached hydrogens (primary N) is 1. The van der Waals surface area contributed by atoms with E-state index in [2.05, 4.69) is 11.6 Å². The molecule has 0 aromatic carbocycles. The van der Waals surface area contributed by atoms with Crippen LogP contribution in [0.15, 0.2) is 46.5 Å². The number of hydrogen-bond acceptors (Lipinski definition) is 6. The number of pyridine rings is 1. The Bertz CT molecular complexity index is 704. The van der Waals surface area contributed by atoms with Crippen LogP contribution in [0.25, 0.3) is 0 Å². The molecule has 8 heteroatoms. The van der Waals surface area contributed by atoms with Gasteiger partial charge in [0.2, 0.25) is 5.91 Å². The number of thioether (sulfide) groups is 2. The second-order valence-electron chi connectivity index (χ2n) is 4.79. The number of carboxylic acids is 1. The smallest absolute Gasteiger partial charge is 0.352 e. The molecule has 3 N–H and O–H groups in total. The van der Waals surface area contributed by atoms with Crippen molar-refractivity contribution in [2.24, 2.45) is 5.92 Å². The number of amides is 1. The maximum atomic E-state index is 12.3. The molecule has 1 aromatic heterocycles. The Morgan fingerprint density at radius 3 is 3.05 bits per heavy atom. The zero-order valence-electron chi connectivity index (χ0n) is 11.4. The van der Waals surface area contributed by atoms with Crippen LogP contribution in [0.3, 0.4) is 0 Å². The van der Waals surface area contributed by atoms with E-state index in [1.807, 2.05) is 0 Å². The van der Waals surface area contributed by atoms with E-state index in [-0.39, 0.29) is 22.9 Å². The van der Waals surface area contributed by atoms with E-state index in [0.717, 1.165) is 4.90 Å². The number of hydrogen-bond donors (Lipinski definition) is 2. The lowest BCUT2D eigenvalue weighted by atomic mass is 9.96. The van der Waals surface area contributed by atoms with Crippen molar-refractivity contribution in [3.8, 4) is 0 Å². The normalized spacial score (nSPS) is 23.4. The molecule has 1 amide bonds. The first-order valence-electron chi connectivity index (χ1n) is 6.45. The van der Waals surface area contributed by atoms with Crippen molar-refractivity contribution >= 4 is 41.2 Å². The van der Waals surface area contributed by atoms with Gasteiger partial charge >= 0.3 is 5.97 Å². The fourth-order valence-electron chi connectivity index (χ4n) is 2.41. The van der Waals surface area contributed by atoms with Crippen molar-refractivity contribution in [1.29, 1.82) is 0 Å². The van der Waals surface area contributed by atoms with E-state index in [4.69, 9.17) is 10.8 Å². The Labute approximate surface area is 135 Å². The molecule has 114 valence electrons. The van der Waals surface area contributed by atoms with E-state index >= 15 is 0 Å². The van der Waals surface area contributed by atoms with Gasteiger partial charge in [-0.2, -0.15) is 0 Å². The molecule has 1 saturated heterocycles. The molecule has 22 heavy (non-hydrogen) atoms. The average Bonchev–Trinajstić information content (AvgIpc) is 2.45. The number of carboxylic acid groups (broad SMARTS) is 1. The fraction of sp³-hybridized carbons (Fsp3) is 0.214. The molecule has 0 radical (unpaired) electrons. The molecular weight excluding hydrogens is 322 g/mol. The van der Waals surface area contributed by atoms with Gasteiger partial charge in [-0.3, -0.25) is 9.69 Å². The number of anilines is 1. The highest BCUT2D eigenvalue weighted by molar-refractivity contribution is 8.03. The predicted octanol–water partition coefficient (Wildman–Crippen LogP) is 1.77. The topological polar surface area (TPSA) is 96.5 Å². The summed E-state index contributed by atoms with van der Waals surface area (Å²) in [7, 11) is 0. The molecule has 1 fully saturated rings. The number of nitrogen functional groups attached to an aromatic ring is 1. The molecule has 6 nitrogen and oxygen atoms in total. The molecule has 0 saturated carbocycles. The SMILES string of the molecule is C=C(Sc1ccnc(N)c1)C1C(=O)N2C(C(=O)O)=CCS[C@H]12. The number of rotatable bonds is 4. The van der Waals surface area contributed by atoms with Crippen molar-refractivity contribution in [2.45, 2.75) is 10.3 Å². The summed E-state index contributed by atoms with van der Waals surface area (Å²) in [5.41, 5.74) is 5.70. The molecule has 3 rings (SSSR count). The fourth-order valence-corrected chi connectivity index (χ4v) is 4.75. The number of carbonyl (C=O) groups excluding carboxylic acids is 1. The maximum absolute atomic E-state index is 12.3. The monoisotopic (exact) mass is 335 g/mol. The third-order valence-electron chi connectivity index (χ3n) is 3.41. The standard InChI is InChI=1S/C14H13N3O3S2/c1-7(22-8-2-4-16-10(15)6-8)11-12(18)17-9(14(19)20)3-5-21-13(11)17/h2-4,6,11,13H,1,5H2,(H2,15,16)(H,19,20)/t11?,13-/m1/s1. The molecule has 2 aliphatic heterocycles. The van der Waals surface area contributed by atoms with Crippen LogP contribution in [0.5, 0.6) is 0 Å². The number of nitrogens with zero attached hydrogens (tertiary/aromatic N) is 2. The summed E-state index contributed by atoms with van der Waals surface area (Å²) >= 11 is 2.91. The Morgan fingerprint density at radius 2 is 2.36 bits per heavy atom. The van der Waals surface area contributed by atoms with Gasteiger partial charge in [-0.1, -0.05) is 18.3 Å². The highest BCUT2D eigenvalue weighted by Gasteiger charge is 2.53. The summed E-state index contributed by atoms with van der Waals surface area (Å²) in [6.07, 6.45) is 3.16. The highest BCUT2D eigenvalue weighted by atomic mass is 32.2. The van der Waals surface area contributed by atoms with E-state index in [1.54, 1.807) is 36.2 Å². The van der Waals surface area contributed by atoms with Gasteiger partial charge < -0.3 is 10.8 Å². The van der Waals surface area contributed by atoms with Crippen LogP contribution in [0.1, 0.15) is 0 Å². The molecule has 1 aromatic rings. The van der Waals surface area contributed by atoms with Crippen LogP contribution in [-0.2, 0) is 9.59 Å². The molecule has 0 spiro atoms. The maximum Gasteiger partial charge on any atom is 0.352 e. The first-order valence-corrected chi connectivity index (χ1v) is 8.32. The van der Waals surface area contributed by atoms with Crippen LogP contribution in [-0.4, -0.2) is 38.0 Å². The molecule has 0 bridgehead atoms. The zero-order chi connectivity index (χ0) is 15.9. The molecule has 2 atom stereocenters. The third kappa shape index (κ3) is 2.48. The van der Waals surface area contributed by atoms with Gasteiger partial charge in [0.25, 0.3) is 0 Å². The average molecular weight is 335 g/mol. The van der Waals surface area contributed by atoms with Crippen molar-refractivity contribution < 1.29 is 14.7 Å². The summed E-state index contributed by atoms with van der Waals surface area (Å²) < 4.78 is 0. The number of β-lactam (4-membered cyclic amide) rings is 1. The number of aliphatic carboxylic acids is 1. The Kier molecular flexibility index (Phi) is 3.88. The molecule has 0 aliphatic carbocycles. The van der Waals surface area contributed by atoms with Gasteiger partial charge in [-0.25, -0.2) is 9.78 Å². The van der Waals surface area contributed by atoms with Crippen LogP contribution in [0.4, 0.5) is 5.82 Å². The summed E-state index contributed by atoms with van der Waals surface area (Å²) in [5.74, 6) is -0.690. The van der Waals surface area contributed by atoms with Gasteiger partial charge in [0.15, 0.2) is 0 Å². The molecule has 3 heterocycles. The van der Waals surface area contributed by atoms with Crippen LogP contribution < -0.4 is 5.73 Å². The summed E-state index contributed by atoms with van der Waals surface area (Å²) in [5, 5.41) is 8.96. The van der Waals surface area contributed by atoms with Crippen molar-refractivity contribution in [3.63, 3.8) is 0 Å². The summed E-state index contributed by atoms with van der Waals surface area (Å²) in [6, 6.07) is 3.51. The lowest BCUT2D eigenvalue weighted by Crippen LogP contribution is -2.60. The highest BCUT2D eigenvalue weighted by Crippen LogP contribution is 2.48. The number of carbonyl (C=O) groups is 2. The van der Waals surface area contributed by atoms with Gasteiger partial charge in [-0.05, 0) is 23.1 Å². The van der Waals surface area contributed by atoms with Crippen LogP contribution >= 0.6 is 23.5 Å². The van der Waals surface area contributed by atoms with Crippen molar-refractivity contribution in [3.05, 3.63) is 41.6 Å². The van der Waals surface area contributed by atoms with E-state index in [1.165, 1.54) is 16.7 Å². The minimum atomic E-state index is -1.07. The van der Waals surface area contributed by atoms with Crippen molar-refractivity contribution in [1.82, 2.24) is 9.88 Å². The largest absolute Gasteiger partial charge is 0.477 e. The molecule has 1 unspecified atom stereocenters. The number of aromatic nitrogens is 1. The first kappa shape index (κ1) is 15.0. The van der Waals surface area contributed by atoms with Gasteiger partial charge in [-0.15, -0.1) is 11.8 Å². The Balaban J connectivity index is 1.75.